The van der Waals surface area contributed by atoms with Crippen LogP contribution in [0.2, 0.25) is 5.02 Å². The average molecular weight is 415 g/mol. The zero-order valence-electron chi connectivity index (χ0n) is 15.7. The molecule has 2 aromatic carbocycles. The maximum absolute atomic E-state index is 12.4. The van der Waals surface area contributed by atoms with Gasteiger partial charge in [0, 0.05) is 16.3 Å². The van der Waals surface area contributed by atoms with Gasteiger partial charge < -0.3 is 10.1 Å². The Morgan fingerprint density at radius 1 is 1.11 bits per heavy atom. The van der Waals surface area contributed by atoms with E-state index in [0.717, 1.165) is 16.7 Å². The lowest BCUT2D eigenvalue weighted by Crippen LogP contribution is -2.21. The Balaban J connectivity index is 1.64. The predicted octanol–water partition coefficient (Wildman–Crippen LogP) is 5.18. The second kappa shape index (κ2) is 8.54. The van der Waals surface area contributed by atoms with E-state index in [2.05, 4.69) is 10.3 Å². The van der Waals surface area contributed by atoms with Crippen molar-refractivity contribution < 1.29 is 14.3 Å². The highest BCUT2D eigenvalue weighted by molar-refractivity contribution is 7.17. The van der Waals surface area contributed by atoms with Crippen molar-refractivity contribution in [2.75, 3.05) is 11.9 Å². The van der Waals surface area contributed by atoms with Crippen molar-refractivity contribution in [2.24, 2.45) is 0 Å². The predicted molar refractivity (Wildman–Crippen MR) is 112 cm³/mol. The van der Waals surface area contributed by atoms with Gasteiger partial charge in [0.25, 0.3) is 5.91 Å². The van der Waals surface area contributed by atoms with Crippen molar-refractivity contribution in [3.8, 4) is 10.6 Å². The fourth-order valence-electron chi connectivity index (χ4n) is 2.57. The molecule has 1 aromatic heterocycles. The van der Waals surface area contributed by atoms with Gasteiger partial charge in [-0.2, -0.15) is 0 Å². The zero-order chi connectivity index (χ0) is 20.3. The van der Waals surface area contributed by atoms with Crippen molar-refractivity contribution in [3.05, 3.63) is 69.2 Å². The molecule has 7 heteroatoms. The number of nitrogens with one attached hydrogen (secondary N) is 1. The molecule has 5 nitrogen and oxygen atoms in total. The number of hydrogen-bond donors (Lipinski definition) is 1. The number of ether oxygens (including phenoxy) is 1. The van der Waals surface area contributed by atoms with E-state index in [9.17, 15) is 9.59 Å². The highest BCUT2D eigenvalue weighted by Crippen LogP contribution is 2.29. The van der Waals surface area contributed by atoms with Crippen LogP contribution in [0, 0.1) is 20.8 Å². The van der Waals surface area contributed by atoms with Gasteiger partial charge in [-0.3, -0.25) is 4.79 Å². The van der Waals surface area contributed by atoms with Gasteiger partial charge in [0.1, 0.15) is 9.88 Å². The number of halogens is 1. The summed E-state index contributed by atoms with van der Waals surface area (Å²) in [6.45, 7) is 5.27. The zero-order valence-corrected chi connectivity index (χ0v) is 17.3. The lowest BCUT2D eigenvalue weighted by atomic mass is 10.1. The van der Waals surface area contributed by atoms with Crippen molar-refractivity contribution in [1.29, 1.82) is 0 Å². The largest absolute Gasteiger partial charge is 0.451 e. The first-order valence-corrected chi connectivity index (χ1v) is 9.81. The van der Waals surface area contributed by atoms with Crippen molar-refractivity contribution in [2.45, 2.75) is 20.8 Å². The smallest absolute Gasteiger partial charge is 0.350 e. The number of anilines is 1. The third-order valence-electron chi connectivity index (χ3n) is 4.29. The normalized spacial score (nSPS) is 10.6. The molecule has 0 aliphatic rings. The SMILES string of the molecule is Cc1cccc(NC(=O)COC(=O)c2sc(-c3ccc(Cl)cc3)nc2C)c1C. The van der Waals surface area contributed by atoms with Gasteiger partial charge in [0.15, 0.2) is 6.61 Å². The van der Waals surface area contributed by atoms with Crippen molar-refractivity contribution >= 4 is 40.5 Å². The topological polar surface area (TPSA) is 68.3 Å². The molecule has 0 fully saturated rings. The van der Waals surface area contributed by atoms with Gasteiger partial charge in [-0.15, -0.1) is 11.3 Å². The highest BCUT2D eigenvalue weighted by Gasteiger charge is 2.19. The second-order valence-electron chi connectivity index (χ2n) is 6.31. The van der Waals surface area contributed by atoms with E-state index in [1.54, 1.807) is 19.1 Å². The molecule has 1 amide bonds. The fourth-order valence-corrected chi connectivity index (χ4v) is 3.66. The minimum Gasteiger partial charge on any atom is -0.451 e. The molecule has 1 N–H and O–H groups in total. The molecule has 3 rings (SSSR count). The molecule has 1 heterocycles. The van der Waals surface area contributed by atoms with Gasteiger partial charge in [0.2, 0.25) is 0 Å². The third-order valence-corrected chi connectivity index (χ3v) is 5.72. The average Bonchev–Trinajstić information content (AvgIpc) is 3.06. The second-order valence-corrected chi connectivity index (χ2v) is 7.75. The van der Waals surface area contributed by atoms with Crippen LogP contribution < -0.4 is 5.32 Å². The van der Waals surface area contributed by atoms with Crippen molar-refractivity contribution in [1.82, 2.24) is 4.98 Å². The van der Waals surface area contributed by atoms with Crippen LogP contribution in [0.5, 0.6) is 0 Å². The number of aryl methyl sites for hydroxylation is 2. The number of esters is 1. The summed E-state index contributed by atoms with van der Waals surface area (Å²) in [5.74, 6) is -0.950. The molecule has 0 bridgehead atoms. The molecule has 0 radical (unpaired) electrons. The van der Waals surface area contributed by atoms with Crippen LogP contribution in [0.25, 0.3) is 10.6 Å². The molecule has 3 aromatic rings. The van der Waals surface area contributed by atoms with Gasteiger partial charge >= 0.3 is 5.97 Å². The van der Waals surface area contributed by atoms with Crippen LogP contribution in [-0.2, 0) is 9.53 Å². The maximum Gasteiger partial charge on any atom is 0.350 e. The monoisotopic (exact) mass is 414 g/mol. The molecule has 0 saturated carbocycles. The van der Waals surface area contributed by atoms with Gasteiger partial charge in [-0.1, -0.05) is 35.9 Å². The Bertz CT molecular complexity index is 1030. The molecule has 0 spiro atoms. The lowest BCUT2D eigenvalue weighted by Gasteiger charge is -2.10. The molecular formula is C21H19ClN2O3S. The number of benzene rings is 2. The van der Waals surface area contributed by atoms with E-state index < -0.39 is 5.97 Å². The summed E-state index contributed by atoms with van der Waals surface area (Å²) in [7, 11) is 0. The van der Waals surface area contributed by atoms with E-state index in [1.807, 2.05) is 44.2 Å². The van der Waals surface area contributed by atoms with Crippen LogP contribution in [0.1, 0.15) is 26.5 Å². The third kappa shape index (κ3) is 4.58. The summed E-state index contributed by atoms with van der Waals surface area (Å²) in [6, 6.07) is 12.9. The first kappa shape index (κ1) is 20.0. The summed E-state index contributed by atoms with van der Waals surface area (Å²) < 4.78 is 5.18. The van der Waals surface area contributed by atoms with Crippen LogP contribution in [0.15, 0.2) is 42.5 Å². The van der Waals surface area contributed by atoms with Gasteiger partial charge in [-0.05, 0) is 50.1 Å². The van der Waals surface area contributed by atoms with E-state index in [-0.39, 0.29) is 12.5 Å². The number of amides is 1. The van der Waals surface area contributed by atoms with Crippen molar-refractivity contribution in [3.63, 3.8) is 0 Å². The number of thiazole rings is 1. The first-order valence-electron chi connectivity index (χ1n) is 8.61. The fraction of sp³-hybridized carbons (Fsp3) is 0.190. The van der Waals surface area contributed by atoms with E-state index in [0.29, 0.717) is 26.3 Å². The molecular weight excluding hydrogens is 396 g/mol. The summed E-state index contributed by atoms with van der Waals surface area (Å²) >= 11 is 7.13. The molecule has 0 saturated heterocycles. The van der Waals surface area contributed by atoms with Gasteiger partial charge in [-0.25, -0.2) is 9.78 Å². The summed E-state index contributed by atoms with van der Waals surface area (Å²) in [5, 5.41) is 4.09. The standard InChI is InChI=1S/C21H19ClN2O3S/c1-12-5-4-6-17(13(12)2)24-18(25)11-27-21(26)19-14(3)23-20(28-19)15-7-9-16(22)10-8-15/h4-10H,11H2,1-3H3,(H,24,25). The van der Waals surface area contributed by atoms with Crippen LogP contribution in [0.4, 0.5) is 5.69 Å². The Labute approximate surface area is 172 Å². The van der Waals surface area contributed by atoms with E-state index in [4.69, 9.17) is 16.3 Å². The highest BCUT2D eigenvalue weighted by atomic mass is 35.5. The lowest BCUT2D eigenvalue weighted by molar-refractivity contribution is -0.119. The summed E-state index contributed by atoms with van der Waals surface area (Å²) in [5.41, 5.74) is 4.19. The molecule has 0 aliphatic heterocycles. The Morgan fingerprint density at radius 3 is 2.54 bits per heavy atom. The van der Waals surface area contributed by atoms with Gasteiger partial charge in [0.05, 0.1) is 5.69 Å². The molecule has 144 valence electrons. The number of rotatable bonds is 5. The Hall–Kier alpha value is -2.70. The Morgan fingerprint density at radius 2 is 1.82 bits per heavy atom. The molecule has 0 unspecified atom stereocenters. The van der Waals surface area contributed by atoms with E-state index in [1.165, 1.54) is 11.3 Å². The summed E-state index contributed by atoms with van der Waals surface area (Å²) in [4.78, 5) is 29.3. The van der Waals surface area contributed by atoms with Crippen LogP contribution >= 0.6 is 22.9 Å². The number of hydrogen-bond acceptors (Lipinski definition) is 5. The van der Waals surface area contributed by atoms with E-state index >= 15 is 0 Å². The molecule has 0 aliphatic carbocycles. The van der Waals surface area contributed by atoms with Crippen LogP contribution in [-0.4, -0.2) is 23.5 Å². The summed E-state index contributed by atoms with van der Waals surface area (Å²) in [6.07, 6.45) is 0. The minimum absolute atomic E-state index is 0.361. The minimum atomic E-state index is -0.564. The number of carbonyl (C=O) groups is 2. The van der Waals surface area contributed by atoms with Crippen LogP contribution in [0.3, 0.4) is 0 Å². The molecule has 0 atom stereocenters. The maximum atomic E-state index is 12.4. The number of carbonyl (C=O) groups excluding carboxylic acids is 2. The number of nitrogens with zero attached hydrogens (tertiary/aromatic N) is 1. The quantitative estimate of drug-likeness (QED) is 0.584. The molecule has 28 heavy (non-hydrogen) atoms. The number of aromatic nitrogens is 1. The Kier molecular flexibility index (Phi) is 6.11. The first-order chi connectivity index (χ1) is 13.3.